The molecule has 0 aromatic heterocycles. The number of rotatable bonds is 6. The maximum Gasteiger partial charge on any atom is 0.261 e. The monoisotopic (exact) mass is 386 g/mol. The second-order valence-electron chi connectivity index (χ2n) is 5.14. The number of anilines is 1. The van der Waals surface area contributed by atoms with Crippen LogP contribution in [0.4, 0.5) is 5.69 Å². The van der Waals surface area contributed by atoms with E-state index in [1.54, 1.807) is 13.0 Å². The van der Waals surface area contributed by atoms with Crippen LogP contribution in [0.25, 0.3) is 0 Å². The SMILES string of the molecule is COc1cc(C)c(NS(=O)(=O)c2ccc(S(N)(=O)=O)cc2)cc1OC. The topological polar surface area (TPSA) is 125 Å². The summed E-state index contributed by atoms with van der Waals surface area (Å²) in [5.41, 5.74) is 0.940. The van der Waals surface area contributed by atoms with Gasteiger partial charge >= 0.3 is 0 Å². The molecule has 0 heterocycles. The Labute approximate surface area is 146 Å². The first-order valence-corrected chi connectivity index (χ1v) is 10.00. The molecule has 0 spiro atoms. The highest BCUT2D eigenvalue weighted by molar-refractivity contribution is 7.92. The lowest BCUT2D eigenvalue weighted by Crippen LogP contribution is -2.15. The van der Waals surface area contributed by atoms with E-state index in [1.165, 1.54) is 20.3 Å². The number of benzene rings is 2. The number of methoxy groups -OCH3 is 2. The van der Waals surface area contributed by atoms with Gasteiger partial charge in [-0.25, -0.2) is 22.0 Å². The van der Waals surface area contributed by atoms with E-state index in [1.807, 2.05) is 0 Å². The Morgan fingerprint density at radius 2 is 1.36 bits per heavy atom. The van der Waals surface area contributed by atoms with Crippen molar-refractivity contribution in [3.63, 3.8) is 0 Å². The molecule has 0 atom stereocenters. The summed E-state index contributed by atoms with van der Waals surface area (Å²) in [6.07, 6.45) is 0. The molecule has 0 bridgehead atoms. The lowest BCUT2D eigenvalue weighted by atomic mass is 10.2. The zero-order chi connectivity index (χ0) is 18.8. The number of sulfonamides is 2. The number of nitrogens with two attached hydrogens (primary N) is 1. The number of hydrogen-bond donors (Lipinski definition) is 2. The predicted octanol–water partition coefficient (Wildman–Crippen LogP) is 1.46. The summed E-state index contributed by atoms with van der Waals surface area (Å²) < 4.78 is 60.3. The first-order chi connectivity index (χ1) is 11.6. The standard InChI is InChI=1S/C15H18N2O6S2/c1-10-8-14(22-2)15(23-3)9-13(10)17-25(20,21)12-6-4-11(5-7-12)24(16,18)19/h4-9,17H,1-3H3,(H2,16,18,19). The second-order valence-corrected chi connectivity index (χ2v) is 8.39. The average Bonchev–Trinajstić information content (AvgIpc) is 2.55. The Bertz CT molecular complexity index is 983. The molecule has 2 rings (SSSR count). The van der Waals surface area contributed by atoms with E-state index in [0.717, 1.165) is 24.3 Å². The summed E-state index contributed by atoms with van der Waals surface area (Å²) >= 11 is 0. The largest absolute Gasteiger partial charge is 0.493 e. The van der Waals surface area contributed by atoms with Crippen LogP contribution in [-0.4, -0.2) is 31.1 Å². The van der Waals surface area contributed by atoms with Gasteiger partial charge in [-0.1, -0.05) is 0 Å². The first kappa shape index (κ1) is 19.0. The molecule has 2 aromatic rings. The summed E-state index contributed by atoms with van der Waals surface area (Å²) in [5.74, 6) is 0.843. The van der Waals surface area contributed by atoms with Gasteiger partial charge in [-0.2, -0.15) is 0 Å². The predicted molar refractivity (Wildman–Crippen MR) is 92.9 cm³/mol. The number of hydrogen-bond acceptors (Lipinski definition) is 6. The molecule has 0 aliphatic rings. The molecule has 0 amide bonds. The Kier molecular flexibility index (Phi) is 5.26. The Morgan fingerprint density at radius 3 is 1.84 bits per heavy atom. The van der Waals surface area contributed by atoms with Gasteiger partial charge in [-0.05, 0) is 42.8 Å². The molecule has 25 heavy (non-hydrogen) atoms. The van der Waals surface area contributed by atoms with E-state index >= 15 is 0 Å². The summed E-state index contributed by atoms with van der Waals surface area (Å²) in [6.45, 7) is 1.71. The molecule has 8 nitrogen and oxygen atoms in total. The maximum absolute atomic E-state index is 12.5. The third kappa shape index (κ3) is 4.21. The van der Waals surface area contributed by atoms with Crippen LogP contribution in [0.15, 0.2) is 46.2 Å². The van der Waals surface area contributed by atoms with Gasteiger partial charge < -0.3 is 9.47 Å². The summed E-state index contributed by atoms with van der Waals surface area (Å²) in [5, 5.41) is 5.00. The van der Waals surface area contributed by atoms with Gasteiger partial charge in [-0.3, -0.25) is 4.72 Å². The van der Waals surface area contributed by atoms with Crippen LogP contribution in [0, 0.1) is 6.92 Å². The Morgan fingerprint density at radius 1 is 0.880 bits per heavy atom. The van der Waals surface area contributed by atoms with Gasteiger partial charge in [0.25, 0.3) is 10.0 Å². The van der Waals surface area contributed by atoms with Crippen LogP contribution >= 0.6 is 0 Å². The minimum atomic E-state index is -3.92. The van der Waals surface area contributed by atoms with Crippen LogP contribution in [0.1, 0.15) is 5.56 Å². The zero-order valence-electron chi connectivity index (χ0n) is 13.8. The van der Waals surface area contributed by atoms with Crippen LogP contribution in [0.2, 0.25) is 0 Å². The molecule has 0 unspecified atom stereocenters. The molecule has 136 valence electrons. The lowest BCUT2D eigenvalue weighted by molar-refractivity contribution is 0.355. The smallest absolute Gasteiger partial charge is 0.261 e. The van der Waals surface area contributed by atoms with Crippen molar-refractivity contribution in [3.05, 3.63) is 42.0 Å². The second kappa shape index (κ2) is 6.90. The normalized spacial score (nSPS) is 11.8. The van der Waals surface area contributed by atoms with E-state index in [0.29, 0.717) is 22.7 Å². The van der Waals surface area contributed by atoms with Crippen LogP contribution < -0.4 is 19.3 Å². The fourth-order valence-corrected chi connectivity index (χ4v) is 3.74. The van der Waals surface area contributed by atoms with Gasteiger partial charge in [0, 0.05) is 6.07 Å². The molecule has 10 heteroatoms. The van der Waals surface area contributed by atoms with Crippen molar-refractivity contribution in [2.45, 2.75) is 16.7 Å². The van der Waals surface area contributed by atoms with Crippen molar-refractivity contribution >= 4 is 25.7 Å². The number of nitrogens with one attached hydrogen (secondary N) is 1. The molecule has 2 aromatic carbocycles. The van der Waals surface area contributed by atoms with Crippen molar-refractivity contribution in [2.24, 2.45) is 5.14 Å². The van der Waals surface area contributed by atoms with E-state index < -0.39 is 20.0 Å². The number of aryl methyl sites for hydroxylation is 1. The summed E-state index contributed by atoms with van der Waals surface area (Å²) in [6, 6.07) is 7.73. The number of ether oxygens (including phenoxy) is 2. The first-order valence-electron chi connectivity index (χ1n) is 6.97. The van der Waals surface area contributed by atoms with Gasteiger partial charge in [0.05, 0.1) is 29.7 Å². The molecule has 3 N–H and O–H groups in total. The van der Waals surface area contributed by atoms with Gasteiger partial charge in [-0.15, -0.1) is 0 Å². The van der Waals surface area contributed by atoms with E-state index in [9.17, 15) is 16.8 Å². The van der Waals surface area contributed by atoms with Crippen LogP contribution in [-0.2, 0) is 20.0 Å². The van der Waals surface area contributed by atoms with Crippen LogP contribution in [0.5, 0.6) is 11.5 Å². The summed E-state index contributed by atoms with van der Waals surface area (Å²) in [4.78, 5) is -0.275. The third-order valence-corrected chi connectivity index (χ3v) is 5.75. The van der Waals surface area contributed by atoms with E-state index in [-0.39, 0.29) is 9.79 Å². The molecular weight excluding hydrogens is 368 g/mol. The van der Waals surface area contributed by atoms with Crippen molar-refractivity contribution < 1.29 is 26.3 Å². The van der Waals surface area contributed by atoms with Crippen molar-refractivity contribution in [2.75, 3.05) is 18.9 Å². The van der Waals surface area contributed by atoms with Crippen molar-refractivity contribution in [1.82, 2.24) is 0 Å². The third-order valence-electron chi connectivity index (χ3n) is 3.44. The lowest BCUT2D eigenvalue weighted by Gasteiger charge is -2.14. The molecule has 0 fully saturated rings. The van der Waals surface area contributed by atoms with Gasteiger partial charge in [0.2, 0.25) is 10.0 Å². The summed E-state index contributed by atoms with van der Waals surface area (Å²) in [7, 11) is -4.90. The molecule has 0 radical (unpaired) electrons. The highest BCUT2D eigenvalue weighted by Gasteiger charge is 2.18. The molecular formula is C15H18N2O6S2. The van der Waals surface area contributed by atoms with E-state index in [4.69, 9.17) is 14.6 Å². The van der Waals surface area contributed by atoms with Crippen molar-refractivity contribution in [3.8, 4) is 11.5 Å². The maximum atomic E-state index is 12.5. The fraction of sp³-hybridized carbons (Fsp3) is 0.200. The zero-order valence-corrected chi connectivity index (χ0v) is 15.4. The highest BCUT2D eigenvalue weighted by atomic mass is 32.2. The van der Waals surface area contributed by atoms with E-state index in [2.05, 4.69) is 4.72 Å². The average molecular weight is 386 g/mol. The molecule has 0 saturated heterocycles. The van der Waals surface area contributed by atoms with Gasteiger partial charge in [0.1, 0.15) is 0 Å². The van der Waals surface area contributed by atoms with Crippen molar-refractivity contribution in [1.29, 1.82) is 0 Å². The fourth-order valence-electron chi connectivity index (χ4n) is 2.10. The molecule has 0 aliphatic carbocycles. The molecule has 0 saturated carbocycles. The van der Waals surface area contributed by atoms with Gasteiger partial charge in [0.15, 0.2) is 11.5 Å². The highest BCUT2D eigenvalue weighted by Crippen LogP contribution is 2.33. The Hall–Kier alpha value is -2.30. The van der Waals surface area contributed by atoms with Crippen LogP contribution in [0.3, 0.4) is 0 Å². The molecule has 0 aliphatic heterocycles. The quantitative estimate of drug-likeness (QED) is 0.774. The Balaban J connectivity index is 2.39. The minimum Gasteiger partial charge on any atom is -0.493 e. The minimum absolute atomic E-state index is 0.103. The number of primary sulfonamides is 1.